The van der Waals surface area contributed by atoms with Crippen LogP contribution in [0.25, 0.3) is 22.0 Å². The number of carbonyl (C=O) groups excluding carboxylic acids is 1. The average molecular weight is 480 g/mol. The van der Waals surface area contributed by atoms with E-state index in [9.17, 15) is 18.4 Å². The predicted molar refractivity (Wildman–Crippen MR) is 126 cm³/mol. The number of hydrogen-bond acceptors (Lipinski definition) is 6. The summed E-state index contributed by atoms with van der Waals surface area (Å²) >= 11 is 0. The molecule has 4 aromatic rings. The SMILES string of the molecule is Cn1c(=O)c2ccc(-c3cnc(N4CCNC(=O)C4)nc3)cc2n1Cc1ccccc1OC(F)F. The molecule has 1 N–H and O–H groups in total. The van der Waals surface area contributed by atoms with Crippen molar-refractivity contribution in [3.63, 3.8) is 0 Å². The number of nitrogens with zero attached hydrogens (tertiary/aromatic N) is 5. The summed E-state index contributed by atoms with van der Waals surface area (Å²) in [5, 5.41) is 3.27. The van der Waals surface area contributed by atoms with Crippen molar-refractivity contribution in [3.8, 4) is 16.9 Å². The highest BCUT2D eigenvalue weighted by molar-refractivity contribution is 5.84. The van der Waals surface area contributed by atoms with Gasteiger partial charge < -0.3 is 15.0 Å². The van der Waals surface area contributed by atoms with Crippen LogP contribution in [0.4, 0.5) is 14.7 Å². The third kappa shape index (κ3) is 4.44. The van der Waals surface area contributed by atoms with Gasteiger partial charge in [0, 0.05) is 43.7 Å². The number of halogens is 2. The minimum Gasteiger partial charge on any atom is -0.434 e. The summed E-state index contributed by atoms with van der Waals surface area (Å²) in [7, 11) is 1.63. The summed E-state index contributed by atoms with van der Waals surface area (Å²) < 4.78 is 33.6. The Kier molecular flexibility index (Phi) is 5.89. The van der Waals surface area contributed by atoms with Crippen molar-refractivity contribution in [2.24, 2.45) is 7.05 Å². The molecule has 0 spiro atoms. The lowest BCUT2D eigenvalue weighted by atomic mass is 10.1. The van der Waals surface area contributed by atoms with Crippen LogP contribution in [-0.4, -0.2) is 51.5 Å². The fourth-order valence-corrected chi connectivity index (χ4v) is 4.19. The topological polar surface area (TPSA) is 94.3 Å². The molecule has 1 aliphatic heterocycles. The van der Waals surface area contributed by atoms with Crippen LogP contribution < -0.4 is 20.5 Å². The number of ether oxygens (including phenoxy) is 1. The highest BCUT2D eigenvalue weighted by atomic mass is 19.3. The quantitative estimate of drug-likeness (QED) is 0.456. The fraction of sp³-hybridized carbons (Fsp3) is 0.250. The number of rotatable bonds is 6. The molecule has 35 heavy (non-hydrogen) atoms. The third-order valence-electron chi connectivity index (χ3n) is 5.96. The average Bonchev–Trinajstić information content (AvgIpc) is 3.09. The predicted octanol–water partition coefficient (Wildman–Crippen LogP) is 2.38. The summed E-state index contributed by atoms with van der Waals surface area (Å²) in [6.45, 7) is -1.41. The summed E-state index contributed by atoms with van der Waals surface area (Å²) in [6.07, 6.45) is 3.35. The van der Waals surface area contributed by atoms with E-state index in [1.54, 1.807) is 53.3 Å². The molecule has 0 unspecified atom stereocenters. The van der Waals surface area contributed by atoms with Gasteiger partial charge in [-0.25, -0.2) is 9.97 Å². The van der Waals surface area contributed by atoms with E-state index in [0.29, 0.717) is 35.5 Å². The van der Waals surface area contributed by atoms with Gasteiger partial charge in [0.25, 0.3) is 5.56 Å². The number of para-hydroxylation sites is 1. The summed E-state index contributed by atoms with van der Waals surface area (Å²) in [6, 6.07) is 11.9. The molecule has 3 heterocycles. The van der Waals surface area contributed by atoms with Crippen LogP contribution in [0.2, 0.25) is 0 Å². The summed E-state index contributed by atoms with van der Waals surface area (Å²) in [5.74, 6) is 0.456. The number of benzene rings is 2. The molecule has 9 nitrogen and oxygen atoms in total. The molecule has 1 aliphatic rings. The molecule has 0 bridgehead atoms. The normalized spacial score (nSPS) is 13.9. The monoisotopic (exact) mass is 480 g/mol. The van der Waals surface area contributed by atoms with Gasteiger partial charge in [0.2, 0.25) is 11.9 Å². The number of alkyl halides is 2. The first-order chi connectivity index (χ1) is 16.9. The minimum absolute atomic E-state index is 0.0586. The van der Waals surface area contributed by atoms with E-state index >= 15 is 0 Å². The molecule has 1 saturated heterocycles. The van der Waals surface area contributed by atoms with Crippen molar-refractivity contribution < 1.29 is 18.3 Å². The van der Waals surface area contributed by atoms with Gasteiger partial charge in [-0.2, -0.15) is 8.78 Å². The molecular formula is C24H22F2N6O3. The first-order valence-corrected chi connectivity index (χ1v) is 11.0. The van der Waals surface area contributed by atoms with E-state index < -0.39 is 6.61 Å². The van der Waals surface area contributed by atoms with Crippen LogP contribution in [0, 0.1) is 0 Å². The molecule has 180 valence electrons. The molecule has 5 rings (SSSR count). The Hall–Kier alpha value is -4.28. The van der Waals surface area contributed by atoms with Gasteiger partial charge in [0.15, 0.2) is 0 Å². The maximum Gasteiger partial charge on any atom is 0.387 e. The lowest BCUT2D eigenvalue weighted by Crippen LogP contribution is -2.48. The second kappa shape index (κ2) is 9.16. The lowest BCUT2D eigenvalue weighted by Gasteiger charge is -2.26. The van der Waals surface area contributed by atoms with Crippen LogP contribution in [0.3, 0.4) is 0 Å². The first-order valence-electron chi connectivity index (χ1n) is 11.0. The Morgan fingerprint density at radius 3 is 2.60 bits per heavy atom. The van der Waals surface area contributed by atoms with Crippen molar-refractivity contribution in [3.05, 3.63) is 70.8 Å². The second-order valence-electron chi connectivity index (χ2n) is 8.15. The number of piperazine rings is 1. The van der Waals surface area contributed by atoms with Crippen LogP contribution in [0.1, 0.15) is 5.56 Å². The molecule has 11 heteroatoms. The molecular weight excluding hydrogens is 458 g/mol. The smallest absolute Gasteiger partial charge is 0.387 e. The number of hydrogen-bond donors (Lipinski definition) is 1. The maximum atomic E-state index is 12.9. The van der Waals surface area contributed by atoms with Crippen molar-refractivity contribution in [1.82, 2.24) is 24.6 Å². The minimum atomic E-state index is -2.95. The van der Waals surface area contributed by atoms with Gasteiger partial charge in [-0.15, -0.1) is 0 Å². The highest BCUT2D eigenvalue weighted by Crippen LogP contribution is 2.26. The largest absolute Gasteiger partial charge is 0.434 e. The molecule has 0 aliphatic carbocycles. The first kappa shape index (κ1) is 22.5. The van der Waals surface area contributed by atoms with E-state index in [0.717, 1.165) is 11.1 Å². The van der Waals surface area contributed by atoms with E-state index in [1.165, 1.54) is 10.7 Å². The van der Waals surface area contributed by atoms with Crippen LogP contribution in [0.5, 0.6) is 5.75 Å². The molecule has 0 radical (unpaired) electrons. The summed E-state index contributed by atoms with van der Waals surface area (Å²) in [5.41, 5.74) is 2.48. The molecule has 1 amide bonds. The van der Waals surface area contributed by atoms with Gasteiger partial charge in [0.05, 0.1) is 24.0 Å². The van der Waals surface area contributed by atoms with Crippen molar-refractivity contribution in [2.45, 2.75) is 13.2 Å². The Bertz CT molecular complexity index is 1450. The summed E-state index contributed by atoms with van der Waals surface area (Å²) in [4.78, 5) is 35.1. The highest BCUT2D eigenvalue weighted by Gasteiger charge is 2.19. The van der Waals surface area contributed by atoms with Gasteiger partial charge in [-0.1, -0.05) is 24.3 Å². The Labute approximate surface area is 198 Å². The van der Waals surface area contributed by atoms with Gasteiger partial charge in [-0.05, 0) is 23.8 Å². The number of aromatic nitrogens is 4. The van der Waals surface area contributed by atoms with Gasteiger partial charge in [-0.3, -0.25) is 19.0 Å². The van der Waals surface area contributed by atoms with Crippen molar-refractivity contribution in [1.29, 1.82) is 0 Å². The van der Waals surface area contributed by atoms with Crippen LogP contribution >= 0.6 is 0 Å². The van der Waals surface area contributed by atoms with Crippen molar-refractivity contribution in [2.75, 3.05) is 24.5 Å². The number of amides is 1. The van der Waals surface area contributed by atoms with Crippen LogP contribution in [-0.2, 0) is 18.4 Å². The van der Waals surface area contributed by atoms with Crippen LogP contribution in [0.15, 0.2) is 59.7 Å². The molecule has 2 aromatic heterocycles. The third-order valence-corrected chi connectivity index (χ3v) is 5.96. The fourth-order valence-electron chi connectivity index (χ4n) is 4.19. The zero-order chi connectivity index (χ0) is 24.5. The lowest BCUT2D eigenvalue weighted by molar-refractivity contribution is -0.120. The van der Waals surface area contributed by atoms with Crippen molar-refractivity contribution >= 4 is 22.8 Å². The Balaban J connectivity index is 1.49. The molecule has 0 saturated carbocycles. The number of fused-ring (bicyclic) bond motifs is 1. The standard InChI is InChI=1S/C24H22F2N6O3/c1-30-22(34)18-7-6-15(17-11-28-24(29-12-17)31-9-8-27-21(33)14-31)10-19(18)32(30)13-16-4-2-3-5-20(16)35-23(25)26/h2-7,10-12,23H,8-9,13-14H2,1H3,(H,27,33). The van der Waals surface area contributed by atoms with Gasteiger partial charge >= 0.3 is 6.61 Å². The zero-order valence-electron chi connectivity index (χ0n) is 18.8. The Morgan fingerprint density at radius 1 is 1.09 bits per heavy atom. The van der Waals surface area contributed by atoms with E-state index in [4.69, 9.17) is 0 Å². The number of anilines is 1. The molecule has 0 atom stereocenters. The van der Waals surface area contributed by atoms with E-state index in [1.807, 2.05) is 12.1 Å². The molecule has 2 aromatic carbocycles. The number of carbonyl (C=O) groups is 1. The van der Waals surface area contributed by atoms with E-state index in [2.05, 4.69) is 20.0 Å². The Morgan fingerprint density at radius 2 is 1.86 bits per heavy atom. The molecule has 1 fully saturated rings. The number of nitrogens with one attached hydrogen (secondary N) is 1. The second-order valence-corrected chi connectivity index (χ2v) is 8.15. The maximum absolute atomic E-state index is 12.9. The van der Waals surface area contributed by atoms with E-state index in [-0.39, 0.29) is 30.3 Å². The zero-order valence-corrected chi connectivity index (χ0v) is 18.8. The van der Waals surface area contributed by atoms with Gasteiger partial charge in [0.1, 0.15) is 5.75 Å².